The summed E-state index contributed by atoms with van der Waals surface area (Å²) in [7, 11) is -2.65. The topological polar surface area (TPSA) is 27.7 Å². The lowest BCUT2D eigenvalue weighted by Gasteiger charge is -2.27. The van der Waals surface area contributed by atoms with Crippen LogP contribution >= 0.6 is 0 Å². The number of hydrogen-bond donors (Lipinski definition) is 0. The summed E-state index contributed by atoms with van der Waals surface area (Å²) in [5.74, 6) is 0. The van der Waals surface area contributed by atoms with Crippen molar-refractivity contribution < 1.29 is 13.3 Å². The molecule has 0 aromatic rings. The van der Waals surface area contributed by atoms with Crippen molar-refractivity contribution in [2.24, 2.45) is 0 Å². The summed E-state index contributed by atoms with van der Waals surface area (Å²) >= 11 is 0. The number of rotatable bonds is 17. The molecule has 0 heterocycles. The molecule has 0 saturated heterocycles. The van der Waals surface area contributed by atoms with Crippen LogP contribution < -0.4 is 0 Å². The molecule has 3 nitrogen and oxygen atoms in total. The zero-order valence-corrected chi connectivity index (χ0v) is 17.1. The Kier molecular flexibility index (Phi) is 16.6. The van der Waals surface area contributed by atoms with E-state index in [-0.39, 0.29) is 0 Å². The van der Waals surface area contributed by atoms with Crippen LogP contribution in [0.15, 0.2) is 11.8 Å². The van der Waals surface area contributed by atoms with Crippen molar-refractivity contribution in [3.05, 3.63) is 11.8 Å². The van der Waals surface area contributed by atoms with Crippen LogP contribution in [0, 0.1) is 0 Å². The summed E-state index contributed by atoms with van der Waals surface area (Å²) in [6.07, 6.45) is 13.6. The summed E-state index contributed by atoms with van der Waals surface area (Å²) in [6.45, 7) is 11.0. The molecule has 0 aliphatic heterocycles. The molecule has 0 aliphatic rings. The highest BCUT2D eigenvalue weighted by Crippen LogP contribution is 2.16. The van der Waals surface area contributed by atoms with Crippen molar-refractivity contribution in [2.45, 2.75) is 91.9 Å². The maximum absolute atomic E-state index is 6.20. The Morgan fingerprint density at radius 2 is 1.00 bits per heavy atom. The van der Waals surface area contributed by atoms with Gasteiger partial charge in [0.1, 0.15) is 0 Å². The van der Waals surface area contributed by atoms with E-state index in [9.17, 15) is 0 Å². The van der Waals surface area contributed by atoms with Crippen molar-refractivity contribution in [2.75, 3.05) is 19.8 Å². The van der Waals surface area contributed by atoms with Gasteiger partial charge in [0.25, 0.3) is 0 Å². The third-order valence-corrected chi connectivity index (χ3v) is 6.17. The Bertz CT molecular complexity index is 238. The van der Waals surface area contributed by atoms with Crippen LogP contribution in [0.25, 0.3) is 0 Å². The van der Waals surface area contributed by atoms with Crippen LogP contribution in [0.3, 0.4) is 0 Å². The minimum absolute atomic E-state index is 0.746. The average molecular weight is 345 g/mol. The smallest absolute Gasteiger partial charge is 0.370 e. The molecule has 0 fully saturated rings. The fourth-order valence-corrected chi connectivity index (χ4v) is 4.58. The fourth-order valence-electron chi connectivity index (χ4n) is 2.23. The van der Waals surface area contributed by atoms with Crippen LogP contribution in [0.1, 0.15) is 91.9 Å². The summed E-state index contributed by atoms with van der Waals surface area (Å²) < 4.78 is 18.6. The molecule has 0 saturated carbocycles. The molecule has 138 valence electrons. The Hall–Kier alpha value is -0.163. The third kappa shape index (κ3) is 12.9. The molecule has 0 aromatic carbocycles. The van der Waals surface area contributed by atoms with Crippen LogP contribution in [0.5, 0.6) is 0 Å². The van der Waals surface area contributed by atoms with E-state index in [1.807, 2.05) is 0 Å². The van der Waals surface area contributed by atoms with Gasteiger partial charge in [-0.05, 0) is 31.4 Å². The molecule has 4 heteroatoms. The lowest BCUT2D eigenvalue weighted by Crippen LogP contribution is -2.45. The first kappa shape index (κ1) is 22.8. The second-order valence-electron chi connectivity index (χ2n) is 6.08. The van der Waals surface area contributed by atoms with Crippen molar-refractivity contribution >= 4 is 8.80 Å². The van der Waals surface area contributed by atoms with E-state index in [1.165, 1.54) is 38.5 Å². The lowest BCUT2D eigenvalue weighted by molar-refractivity contribution is 0.0675. The molecule has 0 aliphatic carbocycles. The molecule has 0 aromatic heterocycles. The van der Waals surface area contributed by atoms with Gasteiger partial charge in [-0.3, -0.25) is 0 Å². The van der Waals surface area contributed by atoms with Gasteiger partial charge in [0, 0.05) is 19.8 Å². The van der Waals surface area contributed by atoms with Gasteiger partial charge in [0.05, 0.1) is 0 Å². The molecule has 0 amide bonds. The molecule has 23 heavy (non-hydrogen) atoms. The first-order valence-corrected chi connectivity index (χ1v) is 11.6. The number of hydrogen-bond acceptors (Lipinski definition) is 3. The monoisotopic (exact) mass is 344 g/mol. The number of allylic oxidation sites excluding steroid dienone is 1. The Morgan fingerprint density at radius 3 is 1.30 bits per heavy atom. The Balaban J connectivity index is 4.62. The minimum atomic E-state index is -2.65. The Morgan fingerprint density at radius 1 is 0.609 bits per heavy atom. The summed E-state index contributed by atoms with van der Waals surface area (Å²) in [5.41, 5.74) is 2.11. The third-order valence-electron chi connectivity index (χ3n) is 3.71. The summed E-state index contributed by atoms with van der Waals surface area (Å²) in [5, 5.41) is 0. The predicted molar refractivity (Wildman–Crippen MR) is 102 cm³/mol. The predicted octanol–water partition coefficient (Wildman–Crippen LogP) is 6.05. The van der Waals surface area contributed by atoms with Gasteiger partial charge in [-0.15, -0.1) is 0 Å². The van der Waals surface area contributed by atoms with Crippen LogP contribution in [0.2, 0.25) is 0 Å². The Labute approximate surface area is 146 Å². The van der Waals surface area contributed by atoms with Gasteiger partial charge in [-0.2, -0.15) is 0 Å². The first-order chi connectivity index (χ1) is 11.2. The summed E-state index contributed by atoms with van der Waals surface area (Å²) in [4.78, 5) is 0. The lowest BCUT2D eigenvalue weighted by atomic mass is 10.3. The van der Waals surface area contributed by atoms with E-state index < -0.39 is 8.80 Å². The average Bonchev–Trinajstić information content (AvgIpc) is 2.57. The fraction of sp³-hybridized carbons (Fsp3) is 0.895. The molecular formula is C19H40O3Si. The van der Waals surface area contributed by atoms with E-state index >= 15 is 0 Å². The van der Waals surface area contributed by atoms with Crippen LogP contribution in [-0.4, -0.2) is 28.6 Å². The van der Waals surface area contributed by atoms with E-state index in [0.29, 0.717) is 0 Å². The second kappa shape index (κ2) is 16.7. The molecule has 0 bridgehead atoms. The first-order valence-electron chi connectivity index (χ1n) is 9.84. The van der Waals surface area contributed by atoms with Crippen LogP contribution in [0.4, 0.5) is 0 Å². The zero-order valence-electron chi connectivity index (χ0n) is 16.1. The van der Waals surface area contributed by atoms with E-state index in [0.717, 1.165) is 45.5 Å². The van der Waals surface area contributed by atoms with Gasteiger partial charge in [-0.1, -0.05) is 72.3 Å². The van der Waals surface area contributed by atoms with Gasteiger partial charge in [-0.25, -0.2) is 0 Å². The van der Waals surface area contributed by atoms with Crippen molar-refractivity contribution in [3.8, 4) is 0 Å². The van der Waals surface area contributed by atoms with Gasteiger partial charge >= 0.3 is 8.80 Å². The van der Waals surface area contributed by atoms with E-state index in [1.54, 1.807) is 0 Å². The molecule has 0 rings (SSSR count). The van der Waals surface area contributed by atoms with E-state index in [2.05, 4.69) is 39.5 Å². The maximum atomic E-state index is 6.20. The van der Waals surface area contributed by atoms with Crippen molar-refractivity contribution in [1.29, 1.82) is 0 Å². The van der Waals surface area contributed by atoms with Crippen molar-refractivity contribution in [3.63, 3.8) is 0 Å². The van der Waals surface area contributed by atoms with Gasteiger partial charge in [0.2, 0.25) is 0 Å². The van der Waals surface area contributed by atoms with Gasteiger partial charge < -0.3 is 13.3 Å². The van der Waals surface area contributed by atoms with Crippen LogP contribution in [-0.2, 0) is 13.3 Å². The molecule has 0 spiro atoms. The highest BCUT2D eigenvalue weighted by Gasteiger charge is 2.38. The highest BCUT2D eigenvalue weighted by molar-refractivity contribution is 6.66. The SMILES string of the molecule is CCC=C[Si](OCCCCC)(OCCCCC)OCCCCC. The largest absolute Gasteiger partial charge is 0.529 e. The summed E-state index contributed by atoms with van der Waals surface area (Å²) in [6, 6.07) is 0. The molecule has 0 unspecified atom stereocenters. The minimum Gasteiger partial charge on any atom is -0.370 e. The van der Waals surface area contributed by atoms with Gasteiger partial charge in [0.15, 0.2) is 0 Å². The standard InChI is InChI=1S/C19H40O3Si/c1-5-9-13-16-20-23(19-12-8-4,21-17-14-10-6-2)22-18-15-11-7-3/h12,19H,5-11,13-18H2,1-4H3. The molecule has 0 N–H and O–H groups in total. The number of unbranched alkanes of at least 4 members (excludes halogenated alkanes) is 6. The molecular weight excluding hydrogens is 304 g/mol. The highest BCUT2D eigenvalue weighted by atomic mass is 28.4. The normalized spacial score (nSPS) is 12.3. The van der Waals surface area contributed by atoms with Crippen molar-refractivity contribution in [1.82, 2.24) is 0 Å². The van der Waals surface area contributed by atoms with E-state index in [4.69, 9.17) is 13.3 Å². The zero-order chi connectivity index (χ0) is 17.2. The molecule has 0 atom stereocenters. The maximum Gasteiger partial charge on any atom is 0.529 e. The molecule has 0 radical (unpaired) electrons. The second-order valence-corrected chi connectivity index (χ2v) is 8.49. The quantitative estimate of drug-likeness (QED) is 0.237.